The van der Waals surface area contributed by atoms with E-state index in [0.29, 0.717) is 23.7 Å². The van der Waals surface area contributed by atoms with Gasteiger partial charge >= 0.3 is 0 Å². The molecule has 2 amide bonds. The van der Waals surface area contributed by atoms with Crippen LogP contribution in [0.4, 0.5) is 0 Å². The molecule has 0 bridgehead atoms. The average Bonchev–Trinajstić information content (AvgIpc) is 3.16. The maximum atomic E-state index is 12.8. The van der Waals surface area contributed by atoms with Gasteiger partial charge in [0.15, 0.2) is 0 Å². The molecule has 1 fully saturated rings. The fourth-order valence-corrected chi connectivity index (χ4v) is 4.79. The van der Waals surface area contributed by atoms with Crippen LogP contribution in [-0.4, -0.2) is 58.8 Å². The molecule has 30 heavy (non-hydrogen) atoms. The lowest BCUT2D eigenvalue weighted by Crippen LogP contribution is -2.53. The van der Waals surface area contributed by atoms with Crippen molar-refractivity contribution in [2.75, 3.05) is 26.2 Å². The normalized spacial score (nSPS) is 15.9. The summed E-state index contributed by atoms with van der Waals surface area (Å²) in [5, 5.41) is 4.23. The lowest BCUT2D eigenvalue weighted by molar-refractivity contribution is -0.134. The Morgan fingerprint density at radius 3 is 2.53 bits per heavy atom. The van der Waals surface area contributed by atoms with Crippen LogP contribution in [-0.2, 0) is 11.3 Å². The van der Waals surface area contributed by atoms with Crippen molar-refractivity contribution in [1.29, 1.82) is 0 Å². The van der Waals surface area contributed by atoms with Gasteiger partial charge < -0.3 is 10.2 Å². The minimum atomic E-state index is -0.607. The second-order valence-corrected chi connectivity index (χ2v) is 8.87. The van der Waals surface area contributed by atoms with Crippen LogP contribution in [0.25, 0.3) is 10.2 Å². The van der Waals surface area contributed by atoms with E-state index in [1.165, 1.54) is 4.70 Å². The van der Waals surface area contributed by atoms with E-state index >= 15 is 0 Å². The first-order chi connectivity index (χ1) is 14.5. The monoisotopic (exact) mass is 442 g/mol. The minimum Gasteiger partial charge on any atom is -0.340 e. The summed E-state index contributed by atoms with van der Waals surface area (Å²) < 4.78 is 1.20. The van der Waals surface area contributed by atoms with Gasteiger partial charge in [0.2, 0.25) is 5.91 Å². The average molecular weight is 443 g/mol. The Kier molecular flexibility index (Phi) is 6.32. The number of carbonyl (C=O) groups is 2. The molecule has 1 aliphatic rings. The highest BCUT2D eigenvalue weighted by Crippen LogP contribution is 2.23. The van der Waals surface area contributed by atoms with Crippen LogP contribution in [0.5, 0.6) is 0 Å². The van der Waals surface area contributed by atoms with Crippen molar-refractivity contribution in [2.45, 2.75) is 19.5 Å². The van der Waals surface area contributed by atoms with Crippen molar-refractivity contribution in [3.63, 3.8) is 0 Å². The number of piperazine rings is 1. The second-order valence-electron chi connectivity index (χ2n) is 7.35. The molecule has 0 saturated carbocycles. The summed E-state index contributed by atoms with van der Waals surface area (Å²) in [4.78, 5) is 34.0. The zero-order chi connectivity index (χ0) is 21.1. The number of para-hydroxylation sites is 1. The predicted molar refractivity (Wildman–Crippen MR) is 120 cm³/mol. The zero-order valence-electron chi connectivity index (χ0n) is 16.7. The highest BCUT2D eigenvalue weighted by molar-refractivity contribution is 7.18. The quantitative estimate of drug-likeness (QED) is 0.657. The van der Waals surface area contributed by atoms with Gasteiger partial charge in [-0.2, -0.15) is 0 Å². The summed E-state index contributed by atoms with van der Waals surface area (Å²) in [5.41, 5.74) is 1.41. The molecule has 8 heteroatoms. The third-order valence-electron chi connectivity index (χ3n) is 5.22. The van der Waals surface area contributed by atoms with E-state index < -0.39 is 6.04 Å². The van der Waals surface area contributed by atoms with E-state index in [2.05, 4.69) is 16.3 Å². The summed E-state index contributed by atoms with van der Waals surface area (Å²) in [6, 6.07) is 14.4. The molecule has 1 unspecified atom stereocenters. The topological polar surface area (TPSA) is 65.5 Å². The van der Waals surface area contributed by atoms with Crippen molar-refractivity contribution in [3.8, 4) is 0 Å². The van der Waals surface area contributed by atoms with E-state index in [1.54, 1.807) is 42.5 Å². The first kappa shape index (κ1) is 20.8. The Morgan fingerprint density at radius 2 is 1.80 bits per heavy atom. The molecule has 4 rings (SSSR count). The van der Waals surface area contributed by atoms with Crippen LogP contribution in [0.2, 0.25) is 5.02 Å². The number of benzene rings is 2. The van der Waals surface area contributed by atoms with Crippen LogP contribution in [0.1, 0.15) is 22.3 Å². The largest absolute Gasteiger partial charge is 0.340 e. The van der Waals surface area contributed by atoms with Gasteiger partial charge in [0.05, 0.1) is 27.3 Å². The number of amides is 2. The molecule has 1 atom stereocenters. The molecule has 2 heterocycles. The number of hydrogen-bond donors (Lipinski definition) is 1. The van der Waals surface area contributed by atoms with Gasteiger partial charge in [0.1, 0.15) is 11.0 Å². The minimum absolute atomic E-state index is 0.0740. The molecule has 2 aromatic carbocycles. The Morgan fingerprint density at radius 1 is 1.10 bits per heavy atom. The number of rotatable bonds is 5. The fourth-order valence-electron chi connectivity index (χ4n) is 3.56. The molecular weight excluding hydrogens is 420 g/mol. The summed E-state index contributed by atoms with van der Waals surface area (Å²) in [6.07, 6.45) is 0. The molecule has 1 aromatic heterocycles. The maximum absolute atomic E-state index is 12.8. The van der Waals surface area contributed by atoms with Crippen LogP contribution >= 0.6 is 22.9 Å². The van der Waals surface area contributed by atoms with Crippen LogP contribution in [0.3, 0.4) is 0 Å². The smallest absolute Gasteiger partial charge is 0.253 e. The number of carbonyl (C=O) groups excluding carboxylic acids is 2. The number of fused-ring (bicyclic) bond motifs is 1. The lowest BCUT2D eigenvalue weighted by Gasteiger charge is -2.35. The van der Waals surface area contributed by atoms with Crippen molar-refractivity contribution in [1.82, 2.24) is 20.1 Å². The van der Waals surface area contributed by atoms with Gasteiger partial charge in [-0.15, -0.1) is 11.3 Å². The van der Waals surface area contributed by atoms with E-state index in [1.807, 2.05) is 23.1 Å². The first-order valence-corrected chi connectivity index (χ1v) is 11.1. The Labute approximate surface area is 184 Å². The third kappa shape index (κ3) is 4.64. The molecule has 1 aliphatic heterocycles. The Hall–Kier alpha value is -2.48. The predicted octanol–water partition coefficient (Wildman–Crippen LogP) is 3.41. The standard InChI is InChI=1S/C22H23ClN4O2S/c1-15(24-21(28)16-6-2-3-7-17(16)23)22(29)27-12-10-26(11-13-27)14-20-25-18-8-4-5-9-19(18)30-20/h2-9,15H,10-14H2,1H3,(H,24,28). The van der Waals surface area contributed by atoms with Gasteiger partial charge in [-0.05, 0) is 31.2 Å². The number of aromatic nitrogens is 1. The number of nitrogens with zero attached hydrogens (tertiary/aromatic N) is 3. The molecule has 1 saturated heterocycles. The molecular formula is C22H23ClN4O2S. The number of hydrogen-bond acceptors (Lipinski definition) is 5. The highest BCUT2D eigenvalue weighted by Gasteiger charge is 2.26. The van der Waals surface area contributed by atoms with E-state index in [-0.39, 0.29) is 11.8 Å². The summed E-state index contributed by atoms with van der Waals surface area (Å²) in [5.74, 6) is -0.411. The number of nitrogens with one attached hydrogen (secondary N) is 1. The number of halogens is 1. The summed E-state index contributed by atoms with van der Waals surface area (Å²) >= 11 is 7.79. The first-order valence-electron chi connectivity index (χ1n) is 9.92. The molecule has 1 N–H and O–H groups in total. The Balaban J connectivity index is 1.29. The highest BCUT2D eigenvalue weighted by atomic mass is 35.5. The molecule has 156 valence electrons. The number of thiazole rings is 1. The van der Waals surface area contributed by atoms with Crippen molar-refractivity contribution in [2.24, 2.45) is 0 Å². The molecule has 6 nitrogen and oxygen atoms in total. The van der Waals surface area contributed by atoms with Crippen LogP contribution < -0.4 is 5.32 Å². The van der Waals surface area contributed by atoms with Crippen molar-refractivity contribution >= 4 is 45.0 Å². The van der Waals surface area contributed by atoms with Crippen molar-refractivity contribution in [3.05, 3.63) is 64.1 Å². The van der Waals surface area contributed by atoms with Gasteiger partial charge in [0.25, 0.3) is 5.91 Å². The van der Waals surface area contributed by atoms with Gasteiger partial charge in [-0.25, -0.2) is 4.98 Å². The maximum Gasteiger partial charge on any atom is 0.253 e. The lowest BCUT2D eigenvalue weighted by atomic mass is 10.2. The SMILES string of the molecule is CC(NC(=O)c1ccccc1Cl)C(=O)N1CCN(Cc2nc3ccccc3s2)CC1. The van der Waals surface area contributed by atoms with Gasteiger partial charge in [-0.1, -0.05) is 35.9 Å². The van der Waals surface area contributed by atoms with Gasteiger partial charge in [0, 0.05) is 26.2 Å². The van der Waals surface area contributed by atoms with Crippen LogP contribution in [0.15, 0.2) is 48.5 Å². The second kappa shape index (κ2) is 9.12. The van der Waals surface area contributed by atoms with E-state index in [0.717, 1.165) is 30.2 Å². The molecule has 0 aliphatic carbocycles. The van der Waals surface area contributed by atoms with E-state index in [9.17, 15) is 9.59 Å². The van der Waals surface area contributed by atoms with Crippen molar-refractivity contribution < 1.29 is 9.59 Å². The van der Waals surface area contributed by atoms with E-state index in [4.69, 9.17) is 16.6 Å². The third-order valence-corrected chi connectivity index (χ3v) is 6.57. The fraction of sp³-hybridized carbons (Fsp3) is 0.318. The van der Waals surface area contributed by atoms with Gasteiger partial charge in [-0.3, -0.25) is 14.5 Å². The van der Waals surface area contributed by atoms with Crippen LogP contribution in [0, 0.1) is 0 Å². The summed E-state index contributed by atoms with van der Waals surface area (Å²) in [7, 11) is 0. The zero-order valence-corrected chi connectivity index (χ0v) is 18.2. The summed E-state index contributed by atoms with van der Waals surface area (Å²) in [6.45, 7) is 5.34. The molecule has 0 radical (unpaired) electrons. The Bertz CT molecular complexity index is 1030. The molecule has 3 aromatic rings. The molecule has 0 spiro atoms.